The van der Waals surface area contributed by atoms with E-state index in [0.717, 1.165) is 36.9 Å². The number of hydrogen-bond acceptors (Lipinski definition) is 6. The minimum absolute atomic E-state index is 0.179. The maximum atomic E-state index is 12.5. The van der Waals surface area contributed by atoms with E-state index in [2.05, 4.69) is 14.4 Å². The predicted molar refractivity (Wildman–Crippen MR) is 111 cm³/mol. The molecule has 28 heavy (non-hydrogen) atoms. The SMILES string of the molecule is COC(=O)CCCCCc1ccnc(C(CCC(N)=O)N[S+]([O-])C(C)(C)C)c1. The highest BCUT2D eigenvalue weighted by Gasteiger charge is 2.30. The lowest BCUT2D eigenvalue weighted by Crippen LogP contribution is -2.41. The summed E-state index contributed by atoms with van der Waals surface area (Å²) in [5.74, 6) is -0.573. The summed E-state index contributed by atoms with van der Waals surface area (Å²) in [7, 11) is 1.40. The van der Waals surface area contributed by atoms with E-state index in [1.165, 1.54) is 7.11 Å². The quantitative estimate of drug-likeness (QED) is 0.310. The molecule has 1 aromatic heterocycles. The standard InChI is InChI=1S/C20H33N3O4S/c1-20(2,3)28(26)23-16(10-11-18(21)24)17-14-15(12-13-22-17)8-6-5-7-9-19(25)27-4/h12-14,16,23H,5-11H2,1-4H3,(H2,21,24). The first-order valence-electron chi connectivity index (χ1n) is 9.61. The van der Waals surface area contributed by atoms with Gasteiger partial charge in [0.2, 0.25) is 5.91 Å². The van der Waals surface area contributed by atoms with Crippen LogP contribution in [0.1, 0.15) is 76.6 Å². The summed E-state index contributed by atoms with van der Waals surface area (Å²) in [6, 6.07) is 3.63. The molecule has 8 heteroatoms. The Kier molecular flexibility index (Phi) is 10.5. The molecule has 2 unspecified atom stereocenters. The first kappa shape index (κ1) is 24.4. The molecule has 0 fully saturated rings. The van der Waals surface area contributed by atoms with Gasteiger partial charge in [-0.3, -0.25) is 14.6 Å². The van der Waals surface area contributed by atoms with Crippen LogP contribution in [0.2, 0.25) is 0 Å². The molecule has 2 atom stereocenters. The van der Waals surface area contributed by atoms with Crippen LogP contribution in [0.5, 0.6) is 0 Å². The van der Waals surface area contributed by atoms with Crippen molar-refractivity contribution in [2.24, 2.45) is 5.73 Å². The minimum atomic E-state index is -1.29. The number of primary amides is 1. The lowest BCUT2D eigenvalue weighted by molar-refractivity contribution is -0.140. The zero-order chi connectivity index (χ0) is 21.2. The molecular formula is C20H33N3O4S. The summed E-state index contributed by atoms with van der Waals surface area (Å²) < 4.78 is 19.8. The van der Waals surface area contributed by atoms with E-state index in [9.17, 15) is 14.1 Å². The van der Waals surface area contributed by atoms with Crippen molar-refractivity contribution in [1.82, 2.24) is 9.71 Å². The Hall–Kier alpha value is -1.64. The average molecular weight is 412 g/mol. The summed E-state index contributed by atoms with van der Waals surface area (Å²) in [6.07, 6.45) is 6.36. The van der Waals surface area contributed by atoms with Gasteiger partial charge in [-0.1, -0.05) is 6.42 Å². The molecular weight excluding hydrogens is 378 g/mol. The van der Waals surface area contributed by atoms with Gasteiger partial charge in [-0.05, 0) is 64.2 Å². The molecule has 158 valence electrons. The molecule has 0 spiro atoms. The number of nitrogens with two attached hydrogens (primary N) is 1. The monoisotopic (exact) mass is 411 g/mol. The van der Waals surface area contributed by atoms with Crippen LogP contribution in [0.3, 0.4) is 0 Å². The molecule has 0 radical (unpaired) electrons. The van der Waals surface area contributed by atoms with Crippen LogP contribution in [0.4, 0.5) is 0 Å². The van der Waals surface area contributed by atoms with Gasteiger partial charge >= 0.3 is 5.97 Å². The van der Waals surface area contributed by atoms with E-state index in [1.54, 1.807) is 6.20 Å². The molecule has 0 aliphatic heterocycles. The van der Waals surface area contributed by atoms with E-state index < -0.39 is 22.0 Å². The molecule has 1 aromatic rings. The molecule has 0 saturated heterocycles. The van der Waals surface area contributed by atoms with E-state index in [0.29, 0.717) is 12.8 Å². The lowest BCUT2D eigenvalue weighted by atomic mass is 10.0. The zero-order valence-corrected chi connectivity index (χ0v) is 18.1. The Balaban J connectivity index is 2.72. The smallest absolute Gasteiger partial charge is 0.305 e. The van der Waals surface area contributed by atoms with Gasteiger partial charge in [0.15, 0.2) is 0 Å². The number of pyridine rings is 1. The summed E-state index contributed by atoms with van der Waals surface area (Å²) in [5.41, 5.74) is 7.17. The number of rotatable bonds is 12. The maximum absolute atomic E-state index is 12.5. The highest BCUT2D eigenvalue weighted by atomic mass is 32.2. The number of esters is 1. The van der Waals surface area contributed by atoms with Gasteiger partial charge in [0.1, 0.15) is 4.75 Å². The third kappa shape index (κ3) is 9.52. The van der Waals surface area contributed by atoms with Crippen molar-refractivity contribution in [2.75, 3.05) is 7.11 Å². The molecule has 0 aromatic carbocycles. The van der Waals surface area contributed by atoms with E-state index in [4.69, 9.17) is 5.73 Å². The van der Waals surface area contributed by atoms with Crippen LogP contribution >= 0.6 is 0 Å². The van der Waals surface area contributed by atoms with Crippen LogP contribution in [-0.2, 0) is 32.1 Å². The Bertz CT molecular complexity index is 634. The molecule has 1 heterocycles. The Morgan fingerprint density at radius 1 is 1.29 bits per heavy atom. The van der Waals surface area contributed by atoms with Crippen molar-refractivity contribution >= 4 is 23.2 Å². The Morgan fingerprint density at radius 2 is 2.00 bits per heavy atom. The van der Waals surface area contributed by atoms with Gasteiger partial charge in [0, 0.05) is 30.4 Å². The summed E-state index contributed by atoms with van der Waals surface area (Å²) in [4.78, 5) is 26.8. The van der Waals surface area contributed by atoms with Crippen molar-refractivity contribution in [3.8, 4) is 0 Å². The first-order chi connectivity index (χ1) is 13.1. The summed E-state index contributed by atoms with van der Waals surface area (Å²) in [5, 5.41) is 0. The molecule has 1 amide bonds. The molecule has 0 saturated carbocycles. The highest BCUT2D eigenvalue weighted by molar-refractivity contribution is 7.90. The number of unbranched alkanes of at least 4 members (excludes halogenated alkanes) is 2. The molecule has 0 aliphatic carbocycles. The fourth-order valence-electron chi connectivity index (χ4n) is 2.58. The van der Waals surface area contributed by atoms with E-state index >= 15 is 0 Å². The first-order valence-corrected chi connectivity index (χ1v) is 10.8. The second-order valence-corrected chi connectivity index (χ2v) is 9.78. The number of amides is 1. The molecule has 0 bridgehead atoms. The van der Waals surface area contributed by atoms with Gasteiger partial charge in [-0.15, -0.1) is 4.72 Å². The zero-order valence-electron chi connectivity index (χ0n) is 17.3. The number of nitrogens with zero attached hydrogens (tertiary/aromatic N) is 1. The van der Waals surface area contributed by atoms with E-state index in [1.807, 2.05) is 32.9 Å². The number of carbonyl (C=O) groups is 2. The van der Waals surface area contributed by atoms with Crippen LogP contribution in [-0.4, -0.2) is 33.3 Å². The normalized spacial score (nSPS) is 13.8. The second-order valence-electron chi connectivity index (χ2n) is 7.78. The molecule has 1 rings (SSSR count). The third-order valence-corrected chi connectivity index (χ3v) is 5.87. The van der Waals surface area contributed by atoms with Gasteiger partial charge < -0.3 is 15.0 Å². The number of ether oxygens (including phenoxy) is 1. The van der Waals surface area contributed by atoms with Crippen molar-refractivity contribution in [1.29, 1.82) is 0 Å². The molecule has 0 aliphatic rings. The fourth-order valence-corrected chi connectivity index (χ4v) is 3.43. The van der Waals surface area contributed by atoms with Gasteiger partial charge in [-0.2, -0.15) is 0 Å². The van der Waals surface area contributed by atoms with Gasteiger partial charge in [0.25, 0.3) is 0 Å². The van der Waals surface area contributed by atoms with Crippen molar-refractivity contribution < 1.29 is 18.9 Å². The Labute approximate surface area is 171 Å². The van der Waals surface area contributed by atoms with Crippen LogP contribution in [0.15, 0.2) is 18.3 Å². The largest absolute Gasteiger partial charge is 0.598 e. The predicted octanol–water partition coefficient (Wildman–Crippen LogP) is 2.72. The lowest BCUT2D eigenvalue weighted by Gasteiger charge is -2.27. The topological polar surface area (TPSA) is 117 Å². The third-order valence-electron chi connectivity index (χ3n) is 4.26. The second kappa shape index (κ2) is 12.0. The minimum Gasteiger partial charge on any atom is -0.598 e. The number of hydrogen-bond donors (Lipinski definition) is 2. The van der Waals surface area contributed by atoms with Crippen LogP contribution in [0.25, 0.3) is 0 Å². The van der Waals surface area contributed by atoms with E-state index in [-0.39, 0.29) is 18.4 Å². The van der Waals surface area contributed by atoms with Crippen molar-refractivity contribution in [3.63, 3.8) is 0 Å². The van der Waals surface area contributed by atoms with Crippen LogP contribution < -0.4 is 10.5 Å². The maximum Gasteiger partial charge on any atom is 0.305 e. The fraction of sp³-hybridized carbons (Fsp3) is 0.650. The number of aryl methyl sites for hydroxylation is 1. The molecule has 7 nitrogen and oxygen atoms in total. The summed E-state index contributed by atoms with van der Waals surface area (Å²) in [6.45, 7) is 5.66. The molecule has 3 N–H and O–H groups in total. The van der Waals surface area contributed by atoms with Crippen molar-refractivity contribution in [2.45, 2.75) is 76.5 Å². The van der Waals surface area contributed by atoms with Gasteiger partial charge in [-0.25, -0.2) is 0 Å². The number of aromatic nitrogens is 1. The van der Waals surface area contributed by atoms with Crippen molar-refractivity contribution in [3.05, 3.63) is 29.6 Å². The number of carbonyl (C=O) groups excluding carboxylic acids is 2. The van der Waals surface area contributed by atoms with Gasteiger partial charge in [0.05, 0.1) is 18.8 Å². The summed E-state index contributed by atoms with van der Waals surface area (Å²) >= 11 is -1.29. The van der Waals surface area contributed by atoms with Crippen LogP contribution in [0, 0.1) is 0 Å². The number of nitrogens with one attached hydrogen (secondary N) is 1. The average Bonchev–Trinajstić information content (AvgIpc) is 2.63. The highest BCUT2D eigenvalue weighted by Crippen LogP contribution is 2.23. The number of methoxy groups -OCH3 is 1. The Morgan fingerprint density at radius 3 is 2.61 bits per heavy atom.